The summed E-state index contributed by atoms with van der Waals surface area (Å²) in [5, 5.41) is 0. The third kappa shape index (κ3) is 20.2. The highest BCUT2D eigenvalue weighted by Crippen LogP contribution is 2.25. The van der Waals surface area contributed by atoms with Crippen LogP contribution in [0.5, 0.6) is 0 Å². The second kappa shape index (κ2) is 21.1. The van der Waals surface area contributed by atoms with Gasteiger partial charge in [0.15, 0.2) is 0 Å². The van der Waals surface area contributed by atoms with Crippen molar-refractivity contribution in [1.29, 1.82) is 0 Å². The molecule has 0 amide bonds. The predicted molar refractivity (Wildman–Crippen MR) is 135 cm³/mol. The lowest BCUT2D eigenvalue weighted by Gasteiger charge is -2.34. The Morgan fingerprint density at radius 1 is 0.533 bits per heavy atom. The molecule has 0 aromatic heterocycles. The molecule has 0 radical (unpaired) electrons. The van der Waals surface area contributed by atoms with Gasteiger partial charge in [-0.2, -0.15) is 0 Å². The van der Waals surface area contributed by atoms with Crippen molar-refractivity contribution in [3.63, 3.8) is 0 Å². The average molecular weight is 446 g/mol. The second-order valence-corrected chi connectivity index (χ2v) is 11.1. The van der Waals surface area contributed by atoms with E-state index in [9.17, 15) is 0 Å². The maximum atomic E-state index is 2.50. The Hall–Kier alpha value is 0.250. The van der Waals surface area contributed by atoms with Gasteiger partial charge in [0.1, 0.15) is 0 Å². The molecule has 0 bridgehead atoms. The smallest absolute Gasteiger partial charge is 0.0811 e. The molecular formula is C28H60ClN. The minimum Gasteiger partial charge on any atom is -1.00 e. The summed E-state index contributed by atoms with van der Waals surface area (Å²) in [6.45, 7) is 14.7. The summed E-state index contributed by atoms with van der Waals surface area (Å²) in [4.78, 5) is 0. The van der Waals surface area contributed by atoms with Gasteiger partial charge in [-0.15, -0.1) is 0 Å². The number of nitrogens with zero attached hydrogens (tertiary/aromatic N) is 1. The highest BCUT2D eigenvalue weighted by molar-refractivity contribution is 4.64. The Balaban J connectivity index is 0. The lowest BCUT2D eigenvalue weighted by molar-refractivity contribution is -0.894. The Morgan fingerprint density at radius 2 is 1.07 bits per heavy atom. The average Bonchev–Trinajstić information content (AvgIpc) is 2.66. The zero-order chi connectivity index (χ0) is 22.0. The lowest BCUT2D eigenvalue weighted by Crippen LogP contribution is -3.00. The second-order valence-electron chi connectivity index (χ2n) is 11.1. The maximum Gasteiger partial charge on any atom is 0.0811 e. The Labute approximate surface area is 199 Å². The molecule has 0 saturated carbocycles. The molecule has 0 aliphatic rings. The van der Waals surface area contributed by atoms with Gasteiger partial charge in [0.05, 0.1) is 27.2 Å². The number of hydrogen-bond acceptors (Lipinski definition) is 0. The molecule has 0 rings (SSSR count). The first kappa shape index (κ1) is 32.4. The molecule has 0 aliphatic heterocycles. The molecule has 30 heavy (non-hydrogen) atoms. The van der Waals surface area contributed by atoms with Crippen LogP contribution in [0.1, 0.15) is 137 Å². The van der Waals surface area contributed by atoms with Crippen molar-refractivity contribution in [3.05, 3.63) is 0 Å². The van der Waals surface area contributed by atoms with Crippen LogP contribution in [0, 0.1) is 17.8 Å². The first-order valence-electron chi connectivity index (χ1n) is 13.7. The van der Waals surface area contributed by atoms with Crippen molar-refractivity contribution in [1.82, 2.24) is 0 Å². The van der Waals surface area contributed by atoms with Crippen molar-refractivity contribution >= 4 is 0 Å². The van der Waals surface area contributed by atoms with Crippen LogP contribution in [0.4, 0.5) is 0 Å². The van der Waals surface area contributed by atoms with Crippen LogP contribution in [0.15, 0.2) is 0 Å². The molecule has 184 valence electrons. The van der Waals surface area contributed by atoms with E-state index in [0.29, 0.717) is 0 Å². The normalized spacial score (nSPS) is 14.9. The largest absolute Gasteiger partial charge is 1.00 e. The molecule has 0 fully saturated rings. The lowest BCUT2D eigenvalue weighted by atomic mass is 9.89. The molecule has 0 heterocycles. The Bertz CT molecular complexity index is 342. The van der Waals surface area contributed by atoms with Gasteiger partial charge in [-0.3, -0.25) is 0 Å². The fourth-order valence-corrected chi connectivity index (χ4v) is 5.16. The van der Waals surface area contributed by atoms with Crippen LogP contribution in [-0.4, -0.2) is 31.7 Å². The van der Waals surface area contributed by atoms with E-state index in [-0.39, 0.29) is 12.4 Å². The summed E-state index contributed by atoms with van der Waals surface area (Å²) in [6.07, 6.45) is 22.8. The Morgan fingerprint density at radius 3 is 1.67 bits per heavy atom. The third-order valence-corrected chi connectivity index (χ3v) is 7.06. The minimum absolute atomic E-state index is 0. The molecule has 3 unspecified atom stereocenters. The summed E-state index contributed by atoms with van der Waals surface area (Å²) in [5.41, 5.74) is 0. The number of rotatable bonds is 21. The van der Waals surface area contributed by atoms with Crippen LogP contribution in [-0.2, 0) is 0 Å². The van der Waals surface area contributed by atoms with Crippen molar-refractivity contribution < 1.29 is 16.9 Å². The molecule has 1 nitrogen and oxygen atoms in total. The first-order valence-corrected chi connectivity index (χ1v) is 13.7. The summed E-state index contributed by atoms with van der Waals surface area (Å²) in [7, 11) is 5.00. The van der Waals surface area contributed by atoms with E-state index < -0.39 is 0 Å². The van der Waals surface area contributed by atoms with Gasteiger partial charge < -0.3 is 16.9 Å². The summed E-state index contributed by atoms with van der Waals surface area (Å²) < 4.78 is 1.24. The number of unbranched alkanes of at least 4 members (excludes halogenated alkanes) is 6. The van der Waals surface area contributed by atoms with E-state index in [0.717, 1.165) is 17.8 Å². The zero-order valence-corrected chi connectivity index (χ0v) is 23.0. The molecule has 0 aromatic carbocycles. The van der Waals surface area contributed by atoms with Gasteiger partial charge in [0.25, 0.3) is 0 Å². The standard InChI is InChI=1S/C28H60N.ClH/c1-8-11-12-13-14-17-24-29(6,7)25-28(23-22-27(5)19-10-3)21-16-15-20-26(4)18-9-2;/h26-28H,8-25H2,1-7H3;1H/q+1;/p-1. The topological polar surface area (TPSA) is 0 Å². The zero-order valence-electron chi connectivity index (χ0n) is 22.3. The first-order chi connectivity index (χ1) is 13.8. The highest BCUT2D eigenvalue weighted by Gasteiger charge is 2.22. The van der Waals surface area contributed by atoms with E-state index in [2.05, 4.69) is 48.7 Å². The molecular weight excluding hydrogens is 386 g/mol. The van der Waals surface area contributed by atoms with Crippen molar-refractivity contribution in [3.8, 4) is 0 Å². The highest BCUT2D eigenvalue weighted by atomic mass is 35.5. The number of quaternary nitrogens is 1. The summed E-state index contributed by atoms with van der Waals surface area (Å²) in [6, 6.07) is 0. The van der Waals surface area contributed by atoms with Crippen LogP contribution < -0.4 is 12.4 Å². The quantitative estimate of drug-likeness (QED) is 0.144. The maximum absolute atomic E-state index is 2.50. The van der Waals surface area contributed by atoms with Gasteiger partial charge in [0, 0.05) is 5.92 Å². The monoisotopic (exact) mass is 445 g/mol. The number of halogens is 1. The SMILES string of the molecule is CCCCCCCC[N+](C)(C)CC(CCCCC(C)CCC)CCC(C)CCC.[Cl-]. The van der Waals surface area contributed by atoms with E-state index in [1.54, 1.807) is 0 Å². The van der Waals surface area contributed by atoms with Gasteiger partial charge in [-0.05, 0) is 37.5 Å². The fraction of sp³-hybridized carbons (Fsp3) is 1.00. The fourth-order valence-electron chi connectivity index (χ4n) is 5.16. The molecule has 0 saturated heterocycles. The van der Waals surface area contributed by atoms with Crippen LogP contribution in [0.3, 0.4) is 0 Å². The van der Waals surface area contributed by atoms with E-state index >= 15 is 0 Å². The van der Waals surface area contributed by atoms with Gasteiger partial charge >= 0.3 is 0 Å². The van der Waals surface area contributed by atoms with Crippen LogP contribution >= 0.6 is 0 Å². The summed E-state index contributed by atoms with van der Waals surface area (Å²) >= 11 is 0. The van der Waals surface area contributed by atoms with E-state index in [1.165, 1.54) is 120 Å². The van der Waals surface area contributed by atoms with Gasteiger partial charge in [-0.25, -0.2) is 0 Å². The Kier molecular flexibility index (Phi) is 22.8. The van der Waals surface area contributed by atoms with Crippen LogP contribution in [0.2, 0.25) is 0 Å². The summed E-state index contributed by atoms with van der Waals surface area (Å²) in [5.74, 6) is 2.79. The molecule has 0 spiro atoms. The third-order valence-electron chi connectivity index (χ3n) is 7.06. The molecule has 0 aliphatic carbocycles. The molecule has 0 N–H and O–H groups in total. The van der Waals surface area contributed by atoms with Gasteiger partial charge in [-0.1, -0.05) is 112 Å². The van der Waals surface area contributed by atoms with Crippen molar-refractivity contribution in [2.24, 2.45) is 17.8 Å². The predicted octanol–water partition coefficient (Wildman–Crippen LogP) is 6.26. The van der Waals surface area contributed by atoms with E-state index in [1.807, 2.05) is 0 Å². The van der Waals surface area contributed by atoms with E-state index in [4.69, 9.17) is 0 Å². The van der Waals surface area contributed by atoms with Crippen LogP contribution in [0.25, 0.3) is 0 Å². The molecule has 3 atom stereocenters. The molecule has 2 heteroatoms. The van der Waals surface area contributed by atoms with Crippen molar-refractivity contribution in [2.75, 3.05) is 27.2 Å². The van der Waals surface area contributed by atoms with Gasteiger partial charge in [0.2, 0.25) is 0 Å². The number of hydrogen-bond donors (Lipinski definition) is 0. The van der Waals surface area contributed by atoms with Crippen molar-refractivity contribution in [2.45, 2.75) is 137 Å². The minimum atomic E-state index is 0. The molecule has 0 aromatic rings.